The van der Waals surface area contributed by atoms with Crippen LogP contribution in [0.3, 0.4) is 0 Å². The van der Waals surface area contributed by atoms with Gasteiger partial charge in [-0.1, -0.05) is 12.8 Å². The van der Waals surface area contributed by atoms with Crippen molar-refractivity contribution in [2.24, 2.45) is 5.92 Å². The summed E-state index contributed by atoms with van der Waals surface area (Å²) in [5, 5.41) is 2.95. The lowest BCUT2D eigenvalue weighted by Gasteiger charge is -2.24. The Bertz CT molecular complexity index is 253. The Hall–Kier alpha value is -0.640. The van der Waals surface area contributed by atoms with Gasteiger partial charge in [-0.05, 0) is 18.8 Å². The van der Waals surface area contributed by atoms with Gasteiger partial charge in [0.05, 0.1) is 6.04 Å². The highest BCUT2D eigenvalue weighted by Crippen LogP contribution is 2.25. The summed E-state index contributed by atoms with van der Waals surface area (Å²) >= 11 is 0. The molecule has 92 valence electrons. The van der Waals surface area contributed by atoms with Crippen LogP contribution in [0.4, 0.5) is 4.39 Å². The third-order valence-electron chi connectivity index (χ3n) is 3.76. The number of carbonyl (C=O) groups is 1. The van der Waals surface area contributed by atoms with E-state index in [0.29, 0.717) is 18.9 Å². The van der Waals surface area contributed by atoms with E-state index in [0.717, 1.165) is 6.54 Å². The number of likely N-dealkylation sites (N-methyl/N-ethyl adjacent to an activating group) is 1. The number of halogens is 1. The minimum absolute atomic E-state index is 0.0621. The number of rotatable bonds is 3. The molecule has 1 N–H and O–H groups in total. The van der Waals surface area contributed by atoms with Crippen molar-refractivity contribution >= 4 is 5.91 Å². The number of hydrogen-bond acceptors (Lipinski definition) is 2. The first-order valence-electron chi connectivity index (χ1n) is 6.29. The fraction of sp³-hybridized carbons (Fsp3) is 0.917. The monoisotopic (exact) mass is 228 g/mol. The fourth-order valence-corrected chi connectivity index (χ4v) is 2.82. The van der Waals surface area contributed by atoms with Gasteiger partial charge in [-0.3, -0.25) is 4.79 Å². The molecule has 0 unspecified atom stereocenters. The van der Waals surface area contributed by atoms with Crippen LogP contribution in [0.15, 0.2) is 0 Å². The van der Waals surface area contributed by atoms with Gasteiger partial charge < -0.3 is 10.2 Å². The van der Waals surface area contributed by atoms with Gasteiger partial charge in [0.2, 0.25) is 5.91 Å². The van der Waals surface area contributed by atoms with E-state index in [9.17, 15) is 9.18 Å². The Morgan fingerprint density at radius 3 is 2.69 bits per heavy atom. The van der Waals surface area contributed by atoms with Crippen molar-refractivity contribution in [2.75, 3.05) is 20.1 Å². The predicted octanol–water partition coefficient (Wildman–Crippen LogP) is 1.33. The Kier molecular flexibility index (Phi) is 3.79. The number of alkyl halides is 1. The van der Waals surface area contributed by atoms with Gasteiger partial charge in [-0.15, -0.1) is 0 Å². The van der Waals surface area contributed by atoms with E-state index in [-0.39, 0.29) is 11.9 Å². The van der Waals surface area contributed by atoms with Gasteiger partial charge in [-0.2, -0.15) is 0 Å². The Labute approximate surface area is 96.4 Å². The molecule has 2 rings (SSSR count). The van der Waals surface area contributed by atoms with Crippen LogP contribution in [0, 0.1) is 5.92 Å². The molecule has 0 spiro atoms. The lowest BCUT2D eigenvalue weighted by molar-refractivity contribution is -0.132. The lowest BCUT2D eigenvalue weighted by Crippen LogP contribution is -2.43. The van der Waals surface area contributed by atoms with Crippen molar-refractivity contribution in [3.8, 4) is 0 Å². The molecule has 0 bridgehead atoms. The van der Waals surface area contributed by atoms with Crippen LogP contribution in [0.5, 0.6) is 0 Å². The molecule has 1 aliphatic heterocycles. The van der Waals surface area contributed by atoms with Crippen LogP contribution in [0.1, 0.15) is 32.1 Å². The van der Waals surface area contributed by atoms with Crippen molar-refractivity contribution < 1.29 is 9.18 Å². The number of carbonyl (C=O) groups excluding carboxylic acids is 1. The summed E-state index contributed by atoms with van der Waals surface area (Å²) in [6.45, 7) is 1.17. The van der Waals surface area contributed by atoms with E-state index in [1.54, 1.807) is 4.90 Å². The molecule has 1 amide bonds. The average Bonchev–Trinajstić information content (AvgIpc) is 2.88. The maximum absolute atomic E-state index is 13.0. The Morgan fingerprint density at radius 2 is 2.12 bits per heavy atom. The molecule has 0 radical (unpaired) electrons. The fourth-order valence-electron chi connectivity index (χ4n) is 2.82. The second kappa shape index (κ2) is 5.13. The molecule has 2 aliphatic rings. The van der Waals surface area contributed by atoms with Gasteiger partial charge in [0.15, 0.2) is 0 Å². The summed E-state index contributed by atoms with van der Waals surface area (Å²) in [6.07, 6.45) is 4.55. The number of nitrogens with zero attached hydrogens (tertiary/aromatic N) is 1. The first-order valence-corrected chi connectivity index (χ1v) is 6.29. The van der Waals surface area contributed by atoms with Crippen molar-refractivity contribution in [3.63, 3.8) is 0 Å². The van der Waals surface area contributed by atoms with E-state index < -0.39 is 6.17 Å². The summed E-state index contributed by atoms with van der Waals surface area (Å²) < 4.78 is 13.0. The summed E-state index contributed by atoms with van der Waals surface area (Å²) in [6, 6.07) is -0.290. The zero-order valence-electron chi connectivity index (χ0n) is 9.92. The van der Waals surface area contributed by atoms with E-state index in [2.05, 4.69) is 5.32 Å². The molecule has 1 saturated carbocycles. The molecule has 2 fully saturated rings. The van der Waals surface area contributed by atoms with Crippen LogP contribution in [-0.2, 0) is 4.79 Å². The van der Waals surface area contributed by atoms with Crippen LogP contribution < -0.4 is 5.32 Å². The van der Waals surface area contributed by atoms with Crippen LogP contribution in [0.2, 0.25) is 0 Å². The smallest absolute Gasteiger partial charge is 0.239 e. The highest BCUT2D eigenvalue weighted by molar-refractivity contribution is 5.82. The molecule has 0 aromatic heterocycles. The van der Waals surface area contributed by atoms with Crippen molar-refractivity contribution in [1.82, 2.24) is 10.2 Å². The molecule has 1 aliphatic carbocycles. The topological polar surface area (TPSA) is 32.3 Å². The molecular weight excluding hydrogens is 207 g/mol. The highest BCUT2D eigenvalue weighted by atomic mass is 19.1. The largest absolute Gasteiger partial charge is 0.344 e. The molecule has 0 aromatic carbocycles. The Morgan fingerprint density at radius 1 is 1.44 bits per heavy atom. The summed E-state index contributed by atoms with van der Waals surface area (Å²) in [7, 11) is 1.84. The van der Waals surface area contributed by atoms with E-state index in [4.69, 9.17) is 0 Å². The molecule has 0 aromatic rings. The van der Waals surface area contributed by atoms with E-state index in [1.807, 2.05) is 7.05 Å². The second-order valence-corrected chi connectivity index (χ2v) is 5.16. The number of hydrogen-bond donors (Lipinski definition) is 1. The number of amides is 1. The van der Waals surface area contributed by atoms with Crippen LogP contribution in [0.25, 0.3) is 0 Å². The summed E-state index contributed by atoms with van der Waals surface area (Å²) in [5.41, 5.74) is 0. The van der Waals surface area contributed by atoms with Gasteiger partial charge in [0.25, 0.3) is 0 Å². The molecule has 3 nitrogen and oxygen atoms in total. The Balaban J connectivity index is 1.79. The lowest BCUT2D eigenvalue weighted by atomic mass is 10.1. The maximum atomic E-state index is 13.0. The van der Waals surface area contributed by atoms with Crippen LogP contribution >= 0.6 is 0 Å². The molecular formula is C12H21FN2O. The van der Waals surface area contributed by atoms with Crippen molar-refractivity contribution in [1.29, 1.82) is 0 Å². The highest BCUT2D eigenvalue weighted by Gasteiger charge is 2.31. The minimum atomic E-state index is -0.853. The van der Waals surface area contributed by atoms with Crippen LogP contribution in [-0.4, -0.2) is 43.2 Å². The normalized spacial score (nSPS) is 30.9. The number of nitrogens with one attached hydrogen (secondary N) is 1. The first kappa shape index (κ1) is 11.8. The van der Waals surface area contributed by atoms with Gasteiger partial charge >= 0.3 is 0 Å². The van der Waals surface area contributed by atoms with Crippen molar-refractivity contribution in [3.05, 3.63) is 0 Å². The van der Waals surface area contributed by atoms with E-state index in [1.165, 1.54) is 25.7 Å². The van der Waals surface area contributed by atoms with Gasteiger partial charge in [0.1, 0.15) is 6.17 Å². The molecule has 16 heavy (non-hydrogen) atoms. The molecule has 1 saturated heterocycles. The quantitative estimate of drug-likeness (QED) is 0.790. The predicted molar refractivity (Wildman–Crippen MR) is 60.9 cm³/mol. The standard InChI is InChI=1S/C12H21FN2O/c1-15(8-9-4-2-3-5-9)12(16)11-6-10(13)7-14-11/h9-11,14H,2-8H2,1H3/t10-,11+/m0/s1. The van der Waals surface area contributed by atoms with E-state index >= 15 is 0 Å². The third kappa shape index (κ3) is 2.73. The SMILES string of the molecule is CN(CC1CCCC1)C(=O)[C@H]1C[C@H](F)CN1. The van der Waals surface area contributed by atoms with Gasteiger partial charge in [-0.25, -0.2) is 4.39 Å². The third-order valence-corrected chi connectivity index (χ3v) is 3.76. The summed E-state index contributed by atoms with van der Waals surface area (Å²) in [5.74, 6) is 0.726. The first-order chi connectivity index (χ1) is 7.66. The molecule has 2 atom stereocenters. The zero-order chi connectivity index (χ0) is 11.5. The van der Waals surface area contributed by atoms with Gasteiger partial charge in [0, 0.05) is 26.6 Å². The zero-order valence-corrected chi connectivity index (χ0v) is 9.92. The average molecular weight is 228 g/mol. The maximum Gasteiger partial charge on any atom is 0.239 e. The minimum Gasteiger partial charge on any atom is -0.344 e. The molecule has 1 heterocycles. The summed E-state index contributed by atoms with van der Waals surface area (Å²) in [4.78, 5) is 13.8. The second-order valence-electron chi connectivity index (χ2n) is 5.16. The van der Waals surface area contributed by atoms with Crippen molar-refractivity contribution in [2.45, 2.75) is 44.3 Å². The molecule has 4 heteroatoms.